The summed E-state index contributed by atoms with van der Waals surface area (Å²) < 4.78 is 33.6. The highest BCUT2D eigenvalue weighted by Gasteiger charge is 2.33. The lowest BCUT2D eigenvalue weighted by molar-refractivity contribution is 0.591. The minimum absolute atomic E-state index is 0.688. The molecule has 73 heavy (non-hydrogen) atoms. The van der Waals surface area contributed by atoms with Crippen molar-refractivity contribution >= 4 is 117 Å². The van der Waals surface area contributed by atoms with Crippen LogP contribution in [0.3, 0.4) is 0 Å². The molecule has 0 aliphatic rings. The summed E-state index contributed by atoms with van der Waals surface area (Å²) in [6.07, 6.45) is 1.80. The SMILES string of the molecule is O=P(c1ccccc1)(c1ccc(-c2ccc3c(ccc4c5ccccc5c5nc6ccc(-c7ccc(P(=O)(c8ccccc8)c8ccccc8)c8ccccc78)cc6n5c34)c2)nc1)c1ccc2ccccc2c1. The minimum atomic E-state index is -3.27. The van der Waals surface area contributed by atoms with E-state index >= 15 is 9.13 Å². The Bertz CT molecular complexity index is 4570. The summed E-state index contributed by atoms with van der Waals surface area (Å²) in [6.45, 7) is 0. The fraction of sp³-hybridized carbons (Fsp3) is 0. The normalized spacial score (nSPS) is 12.9. The zero-order valence-electron chi connectivity index (χ0n) is 39.4. The highest BCUT2D eigenvalue weighted by atomic mass is 31.2. The van der Waals surface area contributed by atoms with Crippen molar-refractivity contribution in [1.29, 1.82) is 0 Å². The lowest BCUT2D eigenvalue weighted by atomic mass is 9.97. The molecule has 0 radical (unpaired) electrons. The third-order valence-corrected chi connectivity index (χ3v) is 20.9. The van der Waals surface area contributed by atoms with Crippen molar-refractivity contribution in [1.82, 2.24) is 14.4 Å². The molecule has 0 fully saturated rings. The summed E-state index contributed by atoms with van der Waals surface area (Å²) in [4.78, 5) is 10.4. The quantitative estimate of drug-likeness (QED) is 0.112. The molecule has 1 atom stereocenters. The number of benzene rings is 11. The molecule has 3 aromatic heterocycles. The van der Waals surface area contributed by atoms with Crippen molar-refractivity contribution in [3.05, 3.63) is 261 Å². The number of fused-ring (bicyclic) bond motifs is 12. The third-order valence-electron chi connectivity index (χ3n) is 14.7. The van der Waals surface area contributed by atoms with E-state index in [1.807, 2.05) is 127 Å². The number of pyridine rings is 2. The van der Waals surface area contributed by atoms with Gasteiger partial charge >= 0.3 is 0 Å². The molecule has 0 N–H and O–H groups in total. The van der Waals surface area contributed by atoms with Gasteiger partial charge < -0.3 is 9.13 Å². The fourth-order valence-electron chi connectivity index (χ4n) is 11.2. The molecule has 1 unspecified atom stereocenters. The number of aromatic nitrogens is 3. The number of hydrogen-bond acceptors (Lipinski definition) is 4. The minimum Gasteiger partial charge on any atom is -0.309 e. The average Bonchev–Trinajstić information content (AvgIpc) is 3.86. The van der Waals surface area contributed by atoms with Crippen molar-refractivity contribution in [3.63, 3.8) is 0 Å². The molecule has 0 spiro atoms. The largest absolute Gasteiger partial charge is 0.309 e. The maximum absolute atomic E-state index is 15.8. The van der Waals surface area contributed by atoms with Gasteiger partial charge in [-0.2, -0.15) is 0 Å². The summed E-state index contributed by atoms with van der Waals surface area (Å²) in [5.41, 5.74) is 7.73. The van der Waals surface area contributed by atoms with E-state index < -0.39 is 14.3 Å². The summed E-state index contributed by atoms with van der Waals surface area (Å²) in [5, 5.41) is 14.4. The second-order valence-corrected chi connectivity index (χ2v) is 24.3. The van der Waals surface area contributed by atoms with Gasteiger partial charge in [0.1, 0.15) is 5.65 Å². The molecule has 11 aromatic carbocycles. The molecule has 14 rings (SSSR count). The van der Waals surface area contributed by atoms with E-state index in [9.17, 15) is 0 Å². The van der Waals surface area contributed by atoms with Crippen LogP contribution in [0.2, 0.25) is 0 Å². The first-order valence-electron chi connectivity index (χ1n) is 24.5. The van der Waals surface area contributed by atoms with E-state index in [2.05, 4.69) is 132 Å². The molecule has 0 saturated heterocycles. The molecule has 0 bridgehead atoms. The number of nitrogens with zero attached hydrogens (tertiary/aromatic N) is 3. The second-order valence-electron chi connectivity index (χ2n) is 18.8. The average molecular weight is 972 g/mol. The predicted molar refractivity (Wildman–Crippen MR) is 308 cm³/mol. The van der Waals surface area contributed by atoms with Gasteiger partial charge in [0.25, 0.3) is 0 Å². The van der Waals surface area contributed by atoms with Gasteiger partial charge in [-0.25, -0.2) is 4.98 Å². The molecule has 3 heterocycles. The Morgan fingerprint density at radius 2 is 0.945 bits per heavy atom. The lowest BCUT2D eigenvalue weighted by Gasteiger charge is -2.22. The van der Waals surface area contributed by atoms with Gasteiger partial charge in [0, 0.05) is 59.7 Å². The molecule has 14 aromatic rings. The van der Waals surface area contributed by atoms with Crippen LogP contribution in [0.5, 0.6) is 0 Å². The van der Waals surface area contributed by atoms with Gasteiger partial charge in [-0.3, -0.25) is 9.38 Å². The van der Waals surface area contributed by atoms with Gasteiger partial charge in [0.05, 0.1) is 22.2 Å². The van der Waals surface area contributed by atoms with E-state index in [1.165, 1.54) is 0 Å². The lowest BCUT2D eigenvalue weighted by Crippen LogP contribution is -2.25. The maximum Gasteiger partial charge on any atom is 0.172 e. The van der Waals surface area contributed by atoms with Crippen LogP contribution in [0.15, 0.2) is 261 Å². The highest BCUT2D eigenvalue weighted by Crippen LogP contribution is 2.47. The van der Waals surface area contributed by atoms with Crippen molar-refractivity contribution in [2.75, 3.05) is 0 Å². The van der Waals surface area contributed by atoms with E-state index in [4.69, 9.17) is 9.97 Å². The van der Waals surface area contributed by atoms with Crippen LogP contribution in [0, 0.1) is 0 Å². The molecule has 0 amide bonds. The third kappa shape index (κ3) is 6.78. The zero-order valence-corrected chi connectivity index (χ0v) is 41.2. The Morgan fingerprint density at radius 3 is 1.66 bits per heavy atom. The van der Waals surface area contributed by atoms with Crippen molar-refractivity contribution in [2.24, 2.45) is 0 Å². The molecule has 0 aliphatic heterocycles. The monoisotopic (exact) mass is 971 g/mol. The van der Waals surface area contributed by atoms with Crippen LogP contribution in [0.25, 0.3) is 93.1 Å². The zero-order chi connectivity index (χ0) is 48.7. The van der Waals surface area contributed by atoms with Gasteiger partial charge in [-0.05, 0) is 85.9 Å². The van der Waals surface area contributed by atoms with Crippen LogP contribution in [0.1, 0.15) is 0 Å². The number of hydrogen-bond donors (Lipinski definition) is 0. The van der Waals surface area contributed by atoms with Gasteiger partial charge in [0.15, 0.2) is 14.3 Å². The standard InChI is InChI=1S/C66H43N3O2P2/c70-72(49-18-4-1-5-19-49,52-32-28-44-16-10-11-17-45(44)41-52)53-33-38-61(67-43-53)48-30-34-55-46(40-48)29-35-59-57-25-13-15-27-60(57)66-68-62-37-31-47(42-63(62)69(66)65(55)59)54-36-39-64(58-26-14-12-24-56(54)58)73(71,50-20-6-2-7-21-50)51-22-8-3-9-23-51/h1-43H. The van der Waals surface area contributed by atoms with Gasteiger partial charge in [0.2, 0.25) is 0 Å². The first-order valence-corrected chi connectivity index (χ1v) is 27.9. The molecule has 7 heteroatoms. The van der Waals surface area contributed by atoms with Crippen LogP contribution < -0.4 is 31.8 Å². The first kappa shape index (κ1) is 43.1. The topological polar surface area (TPSA) is 64.3 Å². The molecule has 0 saturated carbocycles. The van der Waals surface area contributed by atoms with Crippen molar-refractivity contribution in [2.45, 2.75) is 0 Å². The van der Waals surface area contributed by atoms with E-state index in [1.54, 1.807) is 6.20 Å². The summed E-state index contributed by atoms with van der Waals surface area (Å²) in [6, 6.07) is 86.6. The Kier molecular flexibility index (Phi) is 10.0. The fourth-order valence-corrected chi connectivity index (χ4v) is 16.7. The molecule has 344 valence electrons. The number of rotatable bonds is 8. The number of imidazole rings is 1. The summed E-state index contributed by atoms with van der Waals surface area (Å²) in [7, 11) is -6.53. The van der Waals surface area contributed by atoms with Gasteiger partial charge in [-0.15, -0.1) is 0 Å². The molecular weight excluding hydrogens is 929 g/mol. The molecule has 5 nitrogen and oxygen atoms in total. The second kappa shape index (κ2) is 17.0. The van der Waals surface area contributed by atoms with Crippen LogP contribution in [-0.4, -0.2) is 14.4 Å². The maximum atomic E-state index is 15.8. The highest BCUT2D eigenvalue weighted by molar-refractivity contribution is 7.86. The van der Waals surface area contributed by atoms with E-state index in [0.29, 0.717) is 5.30 Å². The van der Waals surface area contributed by atoms with E-state index in [-0.39, 0.29) is 0 Å². The van der Waals surface area contributed by atoms with Crippen molar-refractivity contribution < 1.29 is 9.13 Å². The van der Waals surface area contributed by atoms with Crippen LogP contribution in [-0.2, 0) is 9.13 Å². The first-order chi connectivity index (χ1) is 35.9. The van der Waals surface area contributed by atoms with Gasteiger partial charge in [-0.1, -0.05) is 212 Å². The van der Waals surface area contributed by atoms with Crippen LogP contribution >= 0.6 is 14.3 Å². The Balaban J connectivity index is 0.914. The van der Waals surface area contributed by atoms with E-state index in [0.717, 1.165) is 120 Å². The predicted octanol–water partition coefficient (Wildman–Crippen LogP) is 14.3. The van der Waals surface area contributed by atoms with Crippen molar-refractivity contribution in [3.8, 4) is 22.4 Å². The molecular formula is C66H43N3O2P2. The van der Waals surface area contributed by atoms with Crippen LogP contribution in [0.4, 0.5) is 0 Å². The Hall–Kier alpha value is -8.72. The molecule has 0 aliphatic carbocycles. The summed E-state index contributed by atoms with van der Waals surface area (Å²) in [5.74, 6) is 0. The smallest absolute Gasteiger partial charge is 0.172 e. The summed E-state index contributed by atoms with van der Waals surface area (Å²) >= 11 is 0. The Labute approximate surface area is 421 Å². The Morgan fingerprint density at radius 1 is 0.356 bits per heavy atom.